The van der Waals surface area contributed by atoms with E-state index in [4.69, 9.17) is 4.74 Å². The first-order valence-corrected chi connectivity index (χ1v) is 8.56. The second-order valence-corrected chi connectivity index (χ2v) is 6.80. The number of carbonyl (C=O) groups excluding carboxylic acids is 1. The predicted molar refractivity (Wildman–Crippen MR) is 85.6 cm³/mol. The highest BCUT2D eigenvalue weighted by Gasteiger charge is 2.23. The standard InChI is InChI=1S/C17H31NO4/c1-12(2)10-14(17(20)21)11-18-16(19)13(3)22-15-8-6-4-5-7-9-15/h12-15H,4-11H2,1-3H3,(H,18,19)(H,20,21). The van der Waals surface area contributed by atoms with Crippen molar-refractivity contribution in [1.29, 1.82) is 0 Å². The van der Waals surface area contributed by atoms with Crippen molar-refractivity contribution in [3.8, 4) is 0 Å². The number of carboxylic acids is 1. The van der Waals surface area contributed by atoms with Crippen LogP contribution in [0.4, 0.5) is 0 Å². The molecule has 0 aliphatic heterocycles. The highest BCUT2D eigenvalue weighted by Crippen LogP contribution is 2.21. The van der Waals surface area contributed by atoms with E-state index >= 15 is 0 Å². The van der Waals surface area contributed by atoms with Crippen LogP contribution >= 0.6 is 0 Å². The first-order valence-electron chi connectivity index (χ1n) is 8.56. The van der Waals surface area contributed by atoms with Crippen LogP contribution in [-0.2, 0) is 14.3 Å². The minimum atomic E-state index is -0.855. The Kier molecular flexibility index (Phi) is 8.46. The number of carboxylic acid groups (broad SMARTS) is 1. The van der Waals surface area contributed by atoms with Crippen LogP contribution in [0.2, 0.25) is 0 Å². The number of ether oxygens (including phenoxy) is 1. The quantitative estimate of drug-likeness (QED) is 0.676. The van der Waals surface area contributed by atoms with Crippen LogP contribution < -0.4 is 5.32 Å². The van der Waals surface area contributed by atoms with Gasteiger partial charge >= 0.3 is 5.97 Å². The summed E-state index contributed by atoms with van der Waals surface area (Å²) in [7, 11) is 0. The summed E-state index contributed by atoms with van der Waals surface area (Å²) in [5.74, 6) is -1.31. The molecule has 1 aliphatic carbocycles. The second-order valence-electron chi connectivity index (χ2n) is 6.80. The summed E-state index contributed by atoms with van der Waals surface area (Å²) in [6.45, 7) is 5.88. The Hall–Kier alpha value is -1.10. The van der Waals surface area contributed by atoms with Gasteiger partial charge in [0.1, 0.15) is 6.10 Å². The monoisotopic (exact) mass is 313 g/mol. The lowest BCUT2D eigenvalue weighted by Gasteiger charge is -2.22. The van der Waals surface area contributed by atoms with E-state index < -0.39 is 18.0 Å². The van der Waals surface area contributed by atoms with E-state index in [2.05, 4.69) is 5.32 Å². The molecular weight excluding hydrogens is 282 g/mol. The van der Waals surface area contributed by atoms with Crippen LogP contribution in [0.25, 0.3) is 0 Å². The zero-order valence-corrected chi connectivity index (χ0v) is 14.1. The molecule has 5 nitrogen and oxygen atoms in total. The van der Waals surface area contributed by atoms with E-state index in [1.165, 1.54) is 12.8 Å². The van der Waals surface area contributed by atoms with Crippen LogP contribution in [0.5, 0.6) is 0 Å². The number of carbonyl (C=O) groups is 2. The summed E-state index contributed by atoms with van der Waals surface area (Å²) in [5.41, 5.74) is 0. The molecule has 1 rings (SSSR count). The van der Waals surface area contributed by atoms with Gasteiger partial charge in [-0.3, -0.25) is 9.59 Å². The van der Waals surface area contributed by atoms with Crippen molar-refractivity contribution >= 4 is 11.9 Å². The molecule has 1 fully saturated rings. The number of hydrogen-bond acceptors (Lipinski definition) is 3. The average molecular weight is 313 g/mol. The van der Waals surface area contributed by atoms with Crippen LogP contribution in [-0.4, -0.2) is 35.7 Å². The maximum Gasteiger partial charge on any atom is 0.308 e. The fourth-order valence-corrected chi connectivity index (χ4v) is 2.94. The molecule has 5 heteroatoms. The molecule has 2 atom stereocenters. The topological polar surface area (TPSA) is 75.6 Å². The molecule has 1 saturated carbocycles. The smallest absolute Gasteiger partial charge is 0.308 e. The lowest BCUT2D eigenvalue weighted by Crippen LogP contribution is -2.40. The molecule has 0 aromatic rings. The SMILES string of the molecule is CC(C)CC(CNC(=O)C(C)OC1CCCCCC1)C(=O)O. The minimum absolute atomic E-state index is 0.161. The Morgan fingerprint density at radius 3 is 2.23 bits per heavy atom. The van der Waals surface area contributed by atoms with Gasteiger partial charge < -0.3 is 15.2 Å². The van der Waals surface area contributed by atoms with E-state index in [0.29, 0.717) is 6.42 Å². The van der Waals surface area contributed by atoms with Crippen LogP contribution in [0, 0.1) is 11.8 Å². The molecule has 1 aliphatic rings. The molecule has 2 unspecified atom stereocenters. The van der Waals surface area contributed by atoms with Crippen molar-refractivity contribution in [3.63, 3.8) is 0 Å². The average Bonchev–Trinajstić information content (AvgIpc) is 2.70. The Bertz CT molecular complexity index is 349. The number of hydrogen-bond donors (Lipinski definition) is 2. The zero-order chi connectivity index (χ0) is 16.5. The Balaban J connectivity index is 2.37. The molecule has 1 amide bonds. The van der Waals surface area contributed by atoms with E-state index in [0.717, 1.165) is 25.7 Å². The van der Waals surface area contributed by atoms with Gasteiger partial charge in [-0.15, -0.1) is 0 Å². The summed E-state index contributed by atoms with van der Waals surface area (Å²) in [6.07, 6.45) is 7.05. The third kappa shape index (κ3) is 7.25. The highest BCUT2D eigenvalue weighted by molar-refractivity contribution is 5.81. The zero-order valence-electron chi connectivity index (χ0n) is 14.1. The van der Waals surface area contributed by atoms with Crippen molar-refractivity contribution in [2.24, 2.45) is 11.8 Å². The van der Waals surface area contributed by atoms with Crippen LogP contribution in [0.15, 0.2) is 0 Å². The predicted octanol–water partition coefficient (Wildman–Crippen LogP) is 2.98. The van der Waals surface area contributed by atoms with Gasteiger partial charge in [0.05, 0.1) is 12.0 Å². The first kappa shape index (κ1) is 18.9. The van der Waals surface area contributed by atoms with E-state index in [1.54, 1.807) is 6.92 Å². The molecule has 0 spiro atoms. The number of amides is 1. The fraction of sp³-hybridized carbons (Fsp3) is 0.882. The molecule has 2 N–H and O–H groups in total. The van der Waals surface area contributed by atoms with Crippen molar-refractivity contribution in [2.45, 2.75) is 77.9 Å². The molecule has 0 bridgehead atoms. The van der Waals surface area contributed by atoms with Gasteiger partial charge in [0.25, 0.3) is 0 Å². The van der Waals surface area contributed by atoms with E-state index in [1.807, 2.05) is 13.8 Å². The third-order valence-electron chi connectivity index (χ3n) is 4.20. The molecule has 128 valence electrons. The molecular formula is C17H31NO4. The molecule has 0 aromatic carbocycles. The van der Waals surface area contributed by atoms with Gasteiger partial charge in [0, 0.05) is 6.54 Å². The minimum Gasteiger partial charge on any atom is -0.481 e. The summed E-state index contributed by atoms with van der Waals surface area (Å²) < 4.78 is 5.85. The van der Waals surface area contributed by atoms with Crippen molar-refractivity contribution in [1.82, 2.24) is 5.32 Å². The maximum atomic E-state index is 12.1. The van der Waals surface area contributed by atoms with Gasteiger partial charge in [-0.1, -0.05) is 39.5 Å². The van der Waals surface area contributed by atoms with Crippen LogP contribution in [0.3, 0.4) is 0 Å². The summed E-state index contributed by atoms with van der Waals surface area (Å²) in [6, 6.07) is 0. The Morgan fingerprint density at radius 1 is 1.14 bits per heavy atom. The summed E-state index contributed by atoms with van der Waals surface area (Å²) >= 11 is 0. The van der Waals surface area contributed by atoms with Gasteiger partial charge in [-0.05, 0) is 32.1 Å². The molecule has 0 heterocycles. The van der Waals surface area contributed by atoms with Crippen molar-refractivity contribution in [2.75, 3.05) is 6.54 Å². The van der Waals surface area contributed by atoms with Gasteiger partial charge in [-0.25, -0.2) is 0 Å². The maximum absolute atomic E-state index is 12.1. The largest absolute Gasteiger partial charge is 0.481 e. The number of rotatable bonds is 8. The first-order chi connectivity index (χ1) is 10.4. The van der Waals surface area contributed by atoms with E-state index in [-0.39, 0.29) is 24.5 Å². The molecule has 22 heavy (non-hydrogen) atoms. The summed E-state index contributed by atoms with van der Waals surface area (Å²) in [5, 5.41) is 11.9. The number of nitrogens with one attached hydrogen (secondary N) is 1. The highest BCUT2D eigenvalue weighted by atomic mass is 16.5. The lowest BCUT2D eigenvalue weighted by molar-refractivity contribution is -0.143. The van der Waals surface area contributed by atoms with E-state index in [9.17, 15) is 14.7 Å². The molecule has 0 aromatic heterocycles. The molecule has 0 radical (unpaired) electrons. The third-order valence-corrected chi connectivity index (χ3v) is 4.20. The van der Waals surface area contributed by atoms with Crippen molar-refractivity contribution in [3.05, 3.63) is 0 Å². The fourth-order valence-electron chi connectivity index (χ4n) is 2.94. The lowest BCUT2D eigenvalue weighted by atomic mass is 9.97. The van der Waals surface area contributed by atoms with Gasteiger partial charge in [0.15, 0.2) is 0 Å². The summed E-state index contributed by atoms with van der Waals surface area (Å²) in [4.78, 5) is 23.3. The number of aliphatic carboxylic acids is 1. The molecule has 0 saturated heterocycles. The van der Waals surface area contributed by atoms with Gasteiger partial charge in [-0.2, -0.15) is 0 Å². The second kappa shape index (κ2) is 9.82. The van der Waals surface area contributed by atoms with Crippen LogP contribution in [0.1, 0.15) is 65.7 Å². The Morgan fingerprint density at radius 2 is 1.73 bits per heavy atom. The normalized spacial score (nSPS) is 19.5. The Labute approximate surface area is 133 Å². The van der Waals surface area contributed by atoms with Gasteiger partial charge in [0.2, 0.25) is 5.91 Å². The van der Waals surface area contributed by atoms with Crippen molar-refractivity contribution < 1.29 is 19.4 Å².